The summed E-state index contributed by atoms with van der Waals surface area (Å²) in [6.45, 7) is 3.47. The predicted octanol–water partition coefficient (Wildman–Crippen LogP) is 3.38. The normalized spacial score (nSPS) is 31.3. The van der Waals surface area contributed by atoms with Crippen LogP contribution in [-0.2, 0) is 4.74 Å². The largest absolute Gasteiger partial charge is 0.378 e. The Morgan fingerprint density at radius 3 is 2.32 bits per heavy atom. The summed E-state index contributed by atoms with van der Waals surface area (Å²) in [5.41, 5.74) is 2.10. The van der Waals surface area contributed by atoms with Gasteiger partial charge in [0.25, 0.3) is 0 Å². The molecule has 0 spiro atoms. The van der Waals surface area contributed by atoms with Gasteiger partial charge in [-0.1, -0.05) is 0 Å². The first-order valence-electron chi connectivity index (χ1n) is 8.42. The molecule has 3 nitrogen and oxygen atoms in total. The van der Waals surface area contributed by atoms with Gasteiger partial charge in [-0.05, 0) is 49.9 Å². The molecule has 1 aromatic rings. The lowest BCUT2D eigenvalue weighted by atomic mass is 9.90. The summed E-state index contributed by atoms with van der Waals surface area (Å²) in [7, 11) is 0. The van der Waals surface area contributed by atoms with Crippen molar-refractivity contribution in [3.05, 3.63) is 29.8 Å². The van der Waals surface area contributed by atoms with Crippen LogP contribution in [-0.4, -0.2) is 42.6 Å². The van der Waals surface area contributed by atoms with Crippen LogP contribution in [0, 0.1) is 5.92 Å². The van der Waals surface area contributed by atoms with E-state index >= 15 is 0 Å². The summed E-state index contributed by atoms with van der Waals surface area (Å²) in [5, 5.41) is 1.47. The van der Waals surface area contributed by atoms with Crippen LogP contribution in [0.3, 0.4) is 0 Å². The van der Waals surface area contributed by atoms with Crippen molar-refractivity contribution in [1.29, 1.82) is 0 Å². The topological polar surface area (TPSA) is 29.5 Å². The maximum atomic E-state index is 12.8. The highest BCUT2D eigenvalue weighted by Gasteiger charge is 2.37. The maximum absolute atomic E-state index is 12.8. The van der Waals surface area contributed by atoms with Crippen molar-refractivity contribution in [2.24, 2.45) is 5.92 Å². The molecule has 0 N–H and O–H groups in total. The van der Waals surface area contributed by atoms with E-state index < -0.39 is 0 Å². The van der Waals surface area contributed by atoms with Gasteiger partial charge < -0.3 is 9.64 Å². The van der Waals surface area contributed by atoms with Crippen molar-refractivity contribution in [2.75, 3.05) is 31.2 Å². The third-order valence-corrected chi connectivity index (χ3v) is 6.82. The number of benzene rings is 1. The monoisotopic (exact) mass is 317 g/mol. The van der Waals surface area contributed by atoms with E-state index in [4.69, 9.17) is 4.74 Å². The van der Waals surface area contributed by atoms with Gasteiger partial charge in [-0.3, -0.25) is 4.79 Å². The van der Waals surface area contributed by atoms with Crippen molar-refractivity contribution in [3.63, 3.8) is 0 Å². The Hall–Kier alpha value is -1.00. The lowest BCUT2D eigenvalue weighted by molar-refractivity contribution is 0.0907. The molecular weight excluding hydrogens is 294 g/mol. The quantitative estimate of drug-likeness (QED) is 0.799. The molecule has 2 bridgehead atoms. The summed E-state index contributed by atoms with van der Waals surface area (Å²) in [6, 6.07) is 8.25. The van der Waals surface area contributed by atoms with Crippen molar-refractivity contribution in [2.45, 2.75) is 36.2 Å². The summed E-state index contributed by atoms with van der Waals surface area (Å²) in [5.74, 6) is 0.624. The predicted molar refractivity (Wildman–Crippen MR) is 90.9 cm³/mol. The molecule has 3 fully saturated rings. The van der Waals surface area contributed by atoms with Crippen molar-refractivity contribution in [1.82, 2.24) is 0 Å². The number of carbonyl (C=O) groups is 1. The molecule has 2 unspecified atom stereocenters. The number of anilines is 1. The van der Waals surface area contributed by atoms with Crippen LogP contribution < -0.4 is 4.90 Å². The van der Waals surface area contributed by atoms with Crippen LogP contribution in [0.25, 0.3) is 0 Å². The number of Topliss-reactive ketones (excluding diaryl/α,β-unsaturated/α-hetero) is 1. The number of morpholine rings is 1. The molecule has 0 aliphatic carbocycles. The Bertz CT molecular complexity index is 527. The Morgan fingerprint density at radius 2 is 1.68 bits per heavy atom. The SMILES string of the molecule is O=C(c1ccc(N2CCOCC2)cc1)C1CC2CCC(C1)S2. The molecule has 1 aromatic carbocycles. The van der Waals surface area contributed by atoms with Gasteiger partial charge in [0.2, 0.25) is 0 Å². The molecule has 2 atom stereocenters. The van der Waals surface area contributed by atoms with Gasteiger partial charge in [-0.15, -0.1) is 0 Å². The molecule has 3 aliphatic heterocycles. The van der Waals surface area contributed by atoms with Gasteiger partial charge in [0, 0.05) is 40.8 Å². The van der Waals surface area contributed by atoms with Crippen LogP contribution >= 0.6 is 11.8 Å². The molecule has 22 heavy (non-hydrogen) atoms. The van der Waals surface area contributed by atoms with E-state index in [0.29, 0.717) is 5.78 Å². The zero-order valence-electron chi connectivity index (χ0n) is 12.9. The summed E-state index contributed by atoms with van der Waals surface area (Å²) in [6.07, 6.45) is 4.81. The fourth-order valence-corrected chi connectivity index (χ4v) is 5.74. The van der Waals surface area contributed by atoms with E-state index in [1.165, 1.54) is 18.5 Å². The van der Waals surface area contributed by atoms with Crippen LogP contribution in [0.2, 0.25) is 0 Å². The Morgan fingerprint density at radius 1 is 1.05 bits per heavy atom. The highest BCUT2D eigenvalue weighted by atomic mass is 32.2. The lowest BCUT2D eigenvalue weighted by Gasteiger charge is -2.29. The zero-order chi connectivity index (χ0) is 14.9. The third-order valence-electron chi connectivity index (χ3n) is 5.19. The molecule has 0 aromatic heterocycles. The second-order valence-corrected chi connectivity index (χ2v) is 8.24. The lowest BCUT2D eigenvalue weighted by Crippen LogP contribution is -2.36. The van der Waals surface area contributed by atoms with E-state index in [2.05, 4.69) is 28.8 Å². The summed E-state index contributed by atoms with van der Waals surface area (Å²) >= 11 is 2.12. The Kier molecular flexibility index (Phi) is 4.14. The highest BCUT2D eigenvalue weighted by Crippen LogP contribution is 2.46. The van der Waals surface area contributed by atoms with Gasteiger partial charge in [-0.2, -0.15) is 11.8 Å². The minimum absolute atomic E-state index is 0.257. The van der Waals surface area contributed by atoms with Crippen LogP contribution in [0.15, 0.2) is 24.3 Å². The molecule has 0 radical (unpaired) electrons. The number of ether oxygens (including phenoxy) is 1. The number of hydrogen-bond donors (Lipinski definition) is 0. The molecule has 3 aliphatic rings. The van der Waals surface area contributed by atoms with E-state index in [-0.39, 0.29) is 5.92 Å². The van der Waals surface area contributed by atoms with Gasteiger partial charge in [0.15, 0.2) is 5.78 Å². The number of rotatable bonds is 3. The minimum atomic E-state index is 0.257. The number of hydrogen-bond acceptors (Lipinski definition) is 4. The van der Waals surface area contributed by atoms with E-state index in [0.717, 1.165) is 55.2 Å². The number of nitrogens with zero attached hydrogens (tertiary/aromatic N) is 1. The molecule has 3 heterocycles. The number of fused-ring (bicyclic) bond motifs is 2. The van der Waals surface area contributed by atoms with Crippen molar-refractivity contribution >= 4 is 23.2 Å². The first-order chi connectivity index (χ1) is 10.8. The fraction of sp³-hybridized carbons (Fsp3) is 0.611. The average molecular weight is 317 g/mol. The van der Waals surface area contributed by atoms with Crippen molar-refractivity contribution in [3.8, 4) is 0 Å². The molecule has 0 amide bonds. The Labute approximate surface area is 136 Å². The first-order valence-corrected chi connectivity index (χ1v) is 9.36. The van der Waals surface area contributed by atoms with Crippen LogP contribution in [0.4, 0.5) is 5.69 Å². The summed E-state index contributed by atoms with van der Waals surface area (Å²) in [4.78, 5) is 15.1. The molecule has 3 saturated heterocycles. The third kappa shape index (κ3) is 2.91. The molecule has 4 heteroatoms. The fourth-order valence-electron chi connectivity index (χ4n) is 3.97. The maximum Gasteiger partial charge on any atom is 0.166 e. The van der Waals surface area contributed by atoms with Gasteiger partial charge in [-0.25, -0.2) is 0 Å². The van der Waals surface area contributed by atoms with Gasteiger partial charge in [0.1, 0.15) is 0 Å². The minimum Gasteiger partial charge on any atom is -0.378 e. The average Bonchev–Trinajstić information content (AvgIpc) is 2.93. The number of ketones is 1. The molecule has 4 rings (SSSR count). The standard InChI is InChI=1S/C18H23NO2S/c20-18(14-11-16-5-6-17(12-14)22-16)13-1-3-15(4-2-13)19-7-9-21-10-8-19/h1-4,14,16-17H,5-12H2. The highest BCUT2D eigenvalue weighted by molar-refractivity contribution is 8.00. The number of carbonyl (C=O) groups excluding carboxylic acids is 1. The van der Waals surface area contributed by atoms with Crippen LogP contribution in [0.1, 0.15) is 36.0 Å². The van der Waals surface area contributed by atoms with Crippen molar-refractivity contribution < 1.29 is 9.53 Å². The second-order valence-electron chi connectivity index (χ2n) is 6.64. The van der Waals surface area contributed by atoms with E-state index in [1.807, 2.05) is 12.1 Å². The summed E-state index contributed by atoms with van der Waals surface area (Å²) < 4.78 is 5.39. The smallest absolute Gasteiger partial charge is 0.166 e. The van der Waals surface area contributed by atoms with E-state index in [9.17, 15) is 4.79 Å². The molecular formula is C18H23NO2S. The van der Waals surface area contributed by atoms with Gasteiger partial charge >= 0.3 is 0 Å². The second kappa shape index (κ2) is 6.25. The molecule has 118 valence electrons. The van der Waals surface area contributed by atoms with Gasteiger partial charge in [0.05, 0.1) is 13.2 Å². The first kappa shape index (κ1) is 14.6. The zero-order valence-corrected chi connectivity index (χ0v) is 13.7. The number of thioether (sulfide) groups is 1. The van der Waals surface area contributed by atoms with E-state index in [1.54, 1.807) is 0 Å². The Balaban J connectivity index is 1.44. The van der Waals surface area contributed by atoms with Crippen LogP contribution in [0.5, 0.6) is 0 Å². The molecule has 0 saturated carbocycles.